The molecular formula is C21H28N2O6S. The van der Waals surface area contributed by atoms with Crippen molar-refractivity contribution in [2.45, 2.75) is 39.3 Å². The van der Waals surface area contributed by atoms with Gasteiger partial charge in [-0.2, -0.15) is 0 Å². The van der Waals surface area contributed by atoms with Crippen molar-refractivity contribution in [3.05, 3.63) is 57.6 Å². The number of thiocarbonyl (C=S) groups is 1. The molecule has 2 aromatic rings. The lowest BCUT2D eigenvalue weighted by molar-refractivity contribution is 0.263. The third-order valence-electron chi connectivity index (χ3n) is 4.74. The van der Waals surface area contributed by atoms with E-state index in [0.717, 1.165) is 11.1 Å². The summed E-state index contributed by atoms with van der Waals surface area (Å²) < 4.78 is 0. The van der Waals surface area contributed by atoms with Crippen molar-refractivity contribution in [1.82, 2.24) is 10.6 Å². The maximum absolute atomic E-state index is 9.89. The van der Waals surface area contributed by atoms with Gasteiger partial charge in [-0.25, -0.2) is 0 Å². The first-order valence-electron chi connectivity index (χ1n) is 9.55. The van der Waals surface area contributed by atoms with Crippen LogP contribution in [0, 0.1) is 0 Å². The number of phenols is 2. The normalized spacial score (nSPS) is 10.8. The molecule has 0 spiro atoms. The summed E-state index contributed by atoms with van der Waals surface area (Å²) in [5, 5.41) is 63.7. The summed E-state index contributed by atoms with van der Waals surface area (Å²) in [6.45, 7) is -0.203. The van der Waals surface area contributed by atoms with Crippen molar-refractivity contribution in [3.8, 4) is 11.5 Å². The van der Waals surface area contributed by atoms with Crippen LogP contribution >= 0.6 is 12.2 Å². The van der Waals surface area contributed by atoms with E-state index in [-0.39, 0.29) is 37.9 Å². The van der Waals surface area contributed by atoms with Crippen molar-refractivity contribution in [3.63, 3.8) is 0 Å². The maximum Gasteiger partial charge on any atom is 0.166 e. The standard InChI is InChI=1S/C21H28N2O6S/c24-9-15-5-13(6-16(10-25)19(15)28)1-3-22-21(30)23-4-2-14-7-17(11-26)20(29)18(8-14)12-27/h5-8,24-29H,1-4,9-12H2,(H2,22,23,30). The van der Waals surface area contributed by atoms with E-state index < -0.39 is 0 Å². The van der Waals surface area contributed by atoms with Crippen molar-refractivity contribution in [2.75, 3.05) is 13.1 Å². The Bertz CT molecular complexity index is 755. The van der Waals surface area contributed by atoms with Gasteiger partial charge in [-0.1, -0.05) is 0 Å². The van der Waals surface area contributed by atoms with Gasteiger partial charge in [0.05, 0.1) is 26.4 Å². The van der Waals surface area contributed by atoms with Crippen LogP contribution in [0.3, 0.4) is 0 Å². The molecule has 0 aromatic heterocycles. The average Bonchev–Trinajstić information content (AvgIpc) is 2.75. The van der Waals surface area contributed by atoms with Crippen LogP contribution in [0.2, 0.25) is 0 Å². The number of aliphatic hydroxyl groups excluding tert-OH is 4. The zero-order chi connectivity index (χ0) is 22.1. The van der Waals surface area contributed by atoms with Gasteiger partial charge in [0.1, 0.15) is 11.5 Å². The summed E-state index contributed by atoms with van der Waals surface area (Å²) >= 11 is 5.26. The van der Waals surface area contributed by atoms with Crippen molar-refractivity contribution in [1.29, 1.82) is 0 Å². The van der Waals surface area contributed by atoms with E-state index >= 15 is 0 Å². The van der Waals surface area contributed by atoms with E-state index in [4.69, 9.17) is 12.2 Å². The van der Waals surface area contributed by atoms with Gasteiger partial charge in [0.15, 0.2) is 5.11 Å². The zero-order valence-electron chi connectivity index (χ0n) is 16.6. The van der Waals surface area contributed by atoms with Crippen LogP contribution in [0.1, 0.15) is 33.4 Å². The molecule has 0 radical (unpaired) electrons. The highest BCUT2D eigenvalue weighted by atomic mass is 32.1. The highest BCUT2D eigenvalue weighted by Crippen LogP contribution is 2.26. The van der Waals surface area contributed by atoms with Crippen LogP contribution in [0.25, 0.3) is 0 Å². The van der Waals surface area contributed by atoms with Crippen molar-refractivity contribution in [2.24, 2.45) is 0 Å². The smallest absolute Gasteiger partial charge is 0.166 e. The lowest BCUT2D eigenvalue weighted by atomic mass is 10.0. The summed E-state index contributed by atoms with van der Waals surface area (Å²) in [5.74, 6) is -0.173. The van der Waals surface area contributed by atoms with E-state index in [9.17, 15) is 30.6 Å². The van der Waals surface area contributed by atoms with Gasteiger partial charge < -0.3 is 41.3 Å². The largest absolute Gasteiger partial charge is 0.507 e. The minimum Gasteiger partial charge on any atom is -0.507 e. The molecule has 0 heterocycles. The minimum atomic E-state index is -0.312. The van der Waals surface area contributed by atoms with Gasteiger partial charge in [0.2, 0.25) is 0 Å². The number of rotatable bonds is 10. The van der Waals surface area contributed by atoms with Crippen LogP contribution in [0.4, 0.5) is 0 Å². The first kappa shape index (κ1) is 23.8. The van der Waals surface area contributed by atoms with Crippen LogP contribution < -0.4 is 10.6 Å². The molecule has 0 saturated heterocycles. The Morgan fingerprint density at radius 3 is 1.20 bits per heavy atom. The minimum absolute atomic E-state index is 0.0863. The molecule has 0 fully saturated rings. The summed E-state index contributed by atoms with van der Waals surface area (Å²) in [7, 11) is 0. The number of hydrogen-bond acceptors (Lipinski definition) is 7. The van der Waals surface area contributed by atoms with Gasteiger partial charge in [0, 0.05) is 35.3 Å². The second-order valence-corrected chi connectivity index (χ2v) is 7.25. The molecule has 8 nitrogen and oxygen atoms in total. The van der Waals surface area contributed by atoms with E-state index in [1.54, 1.807) is 24.3 Å². The Labute approximate surface area is 180 Å². The molecule has 0 aliphatic rings. The topological polar surface area (TPSA) is 145 Å². The first-order valence-corrected chi connectivity index (χ1v) is 9.96. The fourth-order valence-corrected chi connectivity index (χ4v) is 3.34. The summed E-state index contributed by atoms with van der Waals surface area (Å²) in [5.41, 5.74) is 3.19. The predicted octanol–water partition coefficient (Wildman–Crippen LogP) is 0.316. The van der Waals surface area contributed by atoms with Crippen LogP contribution in [-0.4, -0.2) is 48.8 Å². The highest BCUT2D eigenvalue weighted by Gasteiger charge is 2.10. The summed E-state index contributed by atoms with van der Waals surface area (Å²) in [4.78, 5) is 0. The fourth-order valence-electron chi connectivity index (χ4n) is 3.14. The summed E-state index contributed by atoms with van der Waals surface area (Å²) in [6.07, 6.45) is 1.17. The molecule has 9 heteroatoms. The molecular weight excluding hydrogens is 408 g/mol. The van der Waals surface area contributed by atoms with Gasteiger partial charge in [-0.15, -0.1) is 0 Å². The molecule has 0 bridgehead atoms. The Morgan fingerprint density at radius 1 is 0.633 bits per heavy atom. The zero-order valence-corrected chi connectivity index (χ0v) is 17.4. The van der Waals surface area contributed by atoms with Crippen LogP contribution in [0.15, 0.2) is 24.3 Å². The molecule has 2 aromatic carbocycles. The molecule has 30 heavy (non-hydrogen) atoms. The van der Waals surface area contributed by atoms with Crippen molar-refractivity contribution >= 4 is 17.3 Å². The Morgan fingerprint density at radius 2 is 0.933 bits per heavy atom. The summed E-state index contributed by atoms with van der Waals surface area (Å²) in [6, 6.07) is 6.76. The molecule has 164 valence electrons. The Hall–Kier alpha value is -2.43. The molecule has 8 N–H and O–H groups in total. The lowest BCUT2D eigenvalue weighted by Gasteiger charge is -2.14. The molecule has 2 rings (SSSR count). The third-order valence-corrected chi connectivity index (χ3v) is 5.02. The van der Waals surface area contributed by atoms with Crippen LogP contribution in [-0.2, 0) is 39.3 Å². The number of benzene rings is 2. The molecule has 0 aliphatic carbocycles. The molecule has 0 amide bonds. The predicted molar refractivity (Wildman–Crippen MR) is 116 cm³/mol. The van der Waals surface area contributed by atoms with Gasteiger partial charge in [0.25, 0.3) is 0 Å². The first-order chi connectivity index (χ1) is 14.4. The van der Waals surface area contributed by atoms with Gasteiger partial charge in [-0.3, -0.25) is 0 Å². The number of aromatic hydroxyl groups is 2. The molecule has 0 aliphatic heterocycles. The van der Waals surface area contributed by atoms with E-state index in [1.165, 1.54) is 0 Å². The Balaban J connectivity index is 1.82. The van der Waals surface area contributed by atoms with Crippen LogP contribution in [0.5, 0.6) is 11.5 Å². The third kappa shape index (κ3) is 6.28. The fraction of sp³-hybridized carbons (Fsp3) is 0.381. The van der Waals surface area contributed by atoms with E-state index in [1.807, 2.05) is 0 Å². The van der Waals surface area contributed by atoms with E-state index in [0.29, 0.717) is 53.3 Å². The Kier molecular flexibility index (Phi) is 9.28. The number of hydrogen-bond donors (Lipinski definition) is 8. The SMILES string of the molecule is OCc1cc(CCNC(=S)NCCc2cc(CO)c(O)c(CO)c2)cc(CO)c1O. The van der Waals surface area contributed by atoms with E-state index in [2.05, 4.69) is 10.6 Å². The lowest BCUT2D eigenvalue weighted by Crippen LogP contribution is -2.37. The average molecular weight is 437 g/mol. The highest BCUT2D eigenvalue weighted by molar-refractivity contribution is 7.80. The molecule has 0 unspecified atom stereocenters. The maximum atomic E-state index is 9.89. The quantitative estimate of drug-likeness (QED) is 0.247. The number of aliphatic hydroxyl groups is 4. The molecule has 0 saturated carbocycles. The monoisotopic (exact) mass is 436 g/mol. The van der Waals surface area contributed by atoms with Crippen molar-refractivity contribution < 1.29 is 30.6 Å². The second-order valence-electron chi connectivity index (χ2n) is 6.84. The van der Waals surface area contributed by atoms with Gasteiger partial charge >= 0.3 is 0 Å². The number of nitrogens with one attached hydrogen (secondary N) is 2. The second kappa shape index (κ2) is 11.7. The molecule has 0 atom stereocenters. The van der Waals surface area contributed by atoms with Gasteiger partial charge in [-0.05, 0) is 60.5 Å².